The van der Waals surface area contributed by atoms with Crippen LogP contribution >= 0.6 is 0 Å². The van der Waals surface area contributed by atoms with Crippen LogP contribution in [0.3, 0.4) is 0 Å². The summed E-state index contributed by atoms with van der Waals surface area (Å²) in [6.07, 6.45) is 4.61. The first kappa shape index (κ1) is 12.1. The van der Waals surface area contributed by atoms with Crippen LogP contribution in [0.4, 0.5) is 0 Å². The minimum absolute atomic E-state index is 0.124. The van der Waals surface area contributed by atoms with Crippen molar-refractivity contribution >= 4 is 0 Å². The Morgan fingerprint density at radius 2 is 2.25 bits per heavy atom. The summed E-state index contributed by atoms with van der Waals surface area (Å²) in [6.45, 7) is 9.65. The highest BCUT2D eigenvalue weighted by molar-refractivity contribution is 4.94. The predicted octanol–water partition coefficient (Wildman–Crippen LogP) is 1.88. The van der Waals surface area contributed by atoms with Crippen LogP contribution in [-0.2, 0) is 9.47 Å². The molecule has 3 nitrogen and oxygen atoms in total. The van der Waals surface area contributed by atoms with Gasteiger partial charge >= 0.3 is 0 Å². The van der Waals surface area contributed by atoms with E-state index in [4.69, 9.17) is 9.47 Å². The van der Waals surface area contributed by atoms with Gasteiger partial charge in [-0.25, -0.2) is 0 Å². The van der Waals surface area contributed by atoms with Gasteiger partial charge in [0, 0.05) is 6.42 Å². The van der Waals surface area contributed by atoms with Gasteiger partial charge in [0.1, 0.15) is 0 Å². The Hall–Kier alpha value is -0.380. The first-order valence-corrected chi connectivity index (χ1v) is 6.31. The van der Waals surface area contributed by atoms with E-state index in [0.29, 0.717) is 6.10 Å². The number of rotatable bonds is 4. The molecule has 1 N–H and O–H groups in total. The lowest BCUT2D eigenvalue weighted by molar-refractivity contribution is -0.0232. The summed E-state index contributed by atoms with van der Waals surface area (Å²) in [7, 11) is 0. The van der Waals surface area contributed by atoms with Crippen molar-refractivity contribution in [2.75, 3.05) is 26.3 Å². The maximum atomic E-state index is 5.96. The second-order valence-electron chi connectivity index (χ2n) is 5.15. The molecular weight excluding hydrogens is 202 g/mol. The summed E-state index contributed by atoms with van der Waals surface area (Å²) in [5.41, 5.74) is 1.31. The number of hydrogen-bond acceptors (Lipinski definition) is 3. The molecule has 0 aromatic heterocycles. The predicted molar refractivity (Wildman–Crippen MR) is 64.6 cm³/mol. The van der Waals surface area contributed by atoms with Crippen LogP contribution in [-0.4, -0.2) is 38.0 Å². The molecule has 1 atom stereocenters. The van der Waals surface area contributed by atoms with E-state index in [9.17, 15) is 0 Å². The van der Waals surface area contributed by atoms with Crippen LogP contribution in [0.25, 0.3) is 0 Å². The fourth-order valence-corrected chi connectivity index (χ4v) is 2.54. The largest absolute Gasteiger partial charge is 0.375 e. The highest BCUT2D eigenvalue weighted by atomic mass is 16.6. The van der Waals surface area contributed by atoms with Crippen LogP contribution in [0, 0.1) is 0 Å². The van der Waals surface area contributed by atoms with Crippen molar-refractivity contribution < 1.29 is 9.47 Å². The molecule has 1 spiro atoms. The Kier molecular flexibility index (Phi) is 4.00. The standard InChI is InChI=1S/C13H23NO2/c1-11(2)3-8-15-12-9-13(16-10-12)4-6-14-7-5-13/h12,14H,1,3-10H2,2H3. The smallest absolute Gasteiger partial charge is 0.0836 e. The molecule has 2 saturated heterocycles. The lowest BCUT2D eigenvalue weighted by Crippen LogP contribution is -2.41. The summed E-state index contributed by atoms with van der Waals surface area (Å²) in [5.74, 6) is 0. The Labute approximate surface area is 98.2 Å². The molecule has 0 amide bonds. The molecule has 1 unspecified atom stereocenters. The van der Waals surface area contributed by atoms with Crippen molar-refractivity contribution in [1.29, 1.82) is 0 Å². The lowest BCUT2D eigenvalue weighted by Gasteiger charge is -2.32. The van der Waals surface area contributed by atoms with Crippen LogP contribution in [0.2, 0.25) is 0 Å². The third-order valence-corrected chi connectivity index (χ3v) is 3.57. The fourth-order valence-electron chi connectivity index (χ4n) is 2.54. The zero-order chi connectivity index (χ0) is 11.4. The monoisotopic (exact) mass is 225 g/mol. The summed E-state index contributed by atoms with van der Waals surface area (Å²) in [4.78, 5) is 0. The molecule has 2 rings (SSSR count). The molecule has 0 aromatic rings. The minimum atomic E-state index is 0.124. The summed E-state index contributed by atoms with van der Waals surface area (Å²) in [6, 6.07) is 0. The van der Waals surface area contributed by atoms with Gasteiger partial charge in [0.15, 0.2) is 0 Å². The van der Waals surface area contributed by atoms with Crippen molar-refractivity contribution in [2.24, 2.45) is 0 Å². The Bertz CT molecular complexity index is 246. The molecule has 0 radical (unpaired) electrons. The van der Waals surface area contributed by atoms with Gasteiger partial charge in [0.2, 0.25) is 0 Å². The molecule has 0 aliphatic carbocycles. The van der Waals surface area contributed by atoms with E-state index in [2.05, 4.69) is 11.9 Å². The average molecular weight is 225 g/mol. The van der Waals surface area contributed by atoms with Crippen molar-refractivity contribution in [3.05, 3.63) is 12.2 Å². The van der Waals surface area contributed by atoms with E-state index >= 15 is 0 Å². The van der Waals surface area contributed by atoms with Crippen molar-refractivity contribution in [2.45, 2.75) is 44.3 Å². The van der Waals surface area contributed by atoms with Gasteiger partial charge in [-0.15, -0.1) is 6.58 Å². The van der Waals surface area contributed by atoms with Crippen molar-refractivity contribution in [1.82, 2.24) is 5.32 Å². The summed E-state index contributed by atoms with van der Waals surface area (Å²) in [5, 5.41) is 3.38. The van der Waals surface area contributed by atoms with Crippen molar-refractivity contribution in [3.8, 4) is 0 Å². The third kappa shape index (κ3) is 3.06. The van der Waals surface area contributed by atoms with Gasteiger partial charge in [-0.05, 0) is 39.3 Å². The second-order valence-corrected chi connectivity index (χ2v) is 5.15. The zero-order valence-electron chi connectivity index (χ0n) is 10.3. The molecule has 2 aliphatic rings. The van der Waals surface area contributed by atoms with Crippen molar-refractivity contribution in [3.63, 3.8) is 0 Å². The maximum absolute atomic E-state index is 5.96. The Balaban J connectivity index is 1.72. The second kappa shape index (κ2) is 5.30. The van der Waals surface area contributed by atoms with Gasteiger partial charge in [0.25, 0.3) is 0 Å². The van der Waals surface area contributed by atoms with Crippen LogP contribution < -0.4 is 5.32 Å². The lowest BCUT2D eigenvalue weighted by atomic mass is 9.89. The van der Waals surface area contributed by atoms with Gasteiger partial charge < -0.3 is 14.8 Å². The minimum Gasteiger partial charge on any atom is -0.375 e. The average Bonchev–Trinajstić information content (AvgIpc) is 2.62. The van der Waals surface area contributed by atoms with E-state index in [-0.39, 0.29) is 5.60 Å². The summed E-state index contributed by atoms with van der Waals surface area (Å²) < 4.78 is 11.8. The molecule has 2 fully saturated rings. The molecule has 0 saturated carbocycles. The number of piperidine rings is 1. The number of nitrogens with one attached hydrogen (secondary N) is 1. The molecule has 92 valence electrons. The van der Waals surface area contributed by atoms with E-state index in [1.54, 1.807) is 0 Å². The van der Waals surface area contributed by atoms with Gasteiger partial charge in [0.05, 0.1) is 24.9 Å². The number of hydrogen-bond donors (Lipinski definition) is 1. The van der Waals surface area contributed by atoms with E-state index < -0.39 is 0 Å². The van der Waals surface area contributed by atoms with E-state index in [1.807, 2.05) is 6.92 Å². The van der Waals surface area contributed by atoms with Crippen LogP contribution in [0.15, 0.2) is 12.2 Å². The highest BCUT2D eigenvalue weighted by Crippen LogP contribution is 2.35. The molecule has 0 aromatic carbocycles. The quantitative estimate of drug-likeness (QED) is 0.741. The topological polar surface area (TPSA) is 30.5 Å². The molecule has 0 bridgehead atoms. The van der Waals surface area contributed by atoms with Gasteiger partial charge in [-0.3, -0.25) is 0 Å². The Morgan fingerprint density at radius 3 is 2.94 bits per heavy atom. The molecule has 2 heterocycles. The van der Waals surface area contributed by atoms with Crippen LogP contribution in [0.1, 0.15) is 32.6 Å². The fraction of sp³-hybridized carbons (Fsp3) is 0.846. The maximum Gasteiger partial charge on any atom is 0.0836 e. The normalized spacial score (nSPS) is 28.4. The van der Waals surface area contributed by atoms with Crippen LogP contribution in [0.5, 0.6) is 0 Å². The summed E-state index contributed by atoms with van der Waals surface area (Å²) >= 11 is 0. The van der Waals surface area contributed by atoms with E-state index in [1.165, 1.54) is 5.57 Å². The third-order valence-electron chi connectivity index (χ3n) is 3.57. The zero-order valence-corrected chi connectivity index (χ0v) is 10.3. The first-order chi connectivity index (χ1) is 7.70. The van der Waals surface area contributed by atoms with E-state index in [0.717, 1.165) is 52.0 Å². The highest BCUT2D eigenvalue weighted by Gasteiger charge is 2.41. The Morgan fingerprint density at radius 1 is 1.50 bits per heavy atom. The van der Waals surface area contributed by atoms with Gasteiger partial charge in [-0.2, -0.15) is 0 Å². The molecule has 3 heteroatoms. The SMILES string of the molecule is C=C(C)CCOC1COC2(CCNCC2)C1. The first-order valence-electron chi connectivity index (χ1n) is 6.31. The number of ether oxygens (including phenoxy) is 2. The van der Waals surface area contributed by atoms with Gasteiger partial charge in [-0.1, -0.05) is 5.57 Å². The molecule has 2 aliphatic heterocycles. The molecular formula is C13H23NO2. The molecule has 16 heavy (non-hydrogen) atoms.